The van der Waals surface area contributed by atoms with Gasteiger partial charge in [-0.05, 0) is 24.3 Å². The first-order chi connectivity index (χ1) is 11.6. The van der Waals surface area contributed by atoms with Crippen LogP contribution >= 0.6 is 0 Å². The zero-order chi connectivity index (χ0) is 17.1. The van der Waals surface area contributed by atoms with Gasteiger partial charge in [-0.2, -0.15) is 10.1 Å². The quantitative estimate of drug-likeness (QED) is 0.537. The van der Waals surface area contributed by atoms with Crippen molar-refractivity contribution in [3.8, 4) is 11.4 Å². The van der Waals surface area contributed by atoms with Gasteiger partial charge in [-0.15, -0.1) is 0 Å². The fourth-order valence-electron chi connectivity index (χ4n) is 1.99. The van der Waals surface area contributed by atoms with Gasteiger partial charge < -0.3 is 20.7 Å². The van der Waals surface area contributed by atoms with Crippen LogP contribution in [-0.2, 0) is 0 Å². The fraction of sp³-hybridized carbons (Fsp3) is 0.143. The van der Waals surface area contributed by atoms with E-state index < -0.39 is 24.4 Å². The fourth-order valence-corrected chi connectivity index (χ4v) is 1.99. The first-order valence-electron chi connectivity index (χ1n) is 6.88. The number of nitrogens with zero attached hydrogens (tertiary/aromatic N) is 3. The van der Waals surface area contributed by atoms with Crippen LogP contribution in [0.5, 0.6) is 0 Å². The van der Waals surface area contributed by atoms with E-state index in [4.69, 9.17) is 10.3 Å². The number of carbonyl (C=O) groups excluding carboxylic acids is 1. The van der Waals surface area contributed by atoms with Gasteiger partial charge in [0, 0.05) is 5.56 Å². The highest BCUT2D eigenvalue weighted by Crippen LogP contribution is 2.22. The molecule has 5 N–H and O–H groups in total. The van der Waals surface area contributed by atoms with Crippen LogP contribution in [0.1, 0.15) is 22.3 Å². The Morgan fingerprint density at radius 3 is 2.79 bits per heavy atom. The third kappa shape index (κ3) is 3.08. The number of aromatic nitrogens is 4. The third-order valence-electron chi connectivity index (χ3n) is 3.24. The zero-order valence-corrected chi connectivity index (χ0v) is 12.2. The molecule has 0 aliphatic carbocycles. The van der Waals surface area contributed by atoms with Crippen molar-refractivity contribution < 1.29 is 18.8 Å². The predicted molar refractivity (Wildman–Crippen MR) is 80.0 cm³/mol. The van der Waals surface area contributed by atoms with Crippen molar-refractivity contribution in [1.29, 1.82) is 0 Å². The van der Waals surface area contributed by atoms with Crippen LogP contribution in [0.4, 0.5) is 10.2 Å². The van der Waals surface area contributed by atoms with Gasteiger partial charge >= 0.3 is 0 Å². The van der Waals surface area contributed by atoms with Gasteiger partial charge in [0.2, 0.25) is 5.82 Å². The number of nitrogens with two attached hydrogens (primary N) is 1. The number of H-pyrrole nitrogens is 1. The second-order valence-electron chi connectivity index (χ2n) is 4.87. The van der Waals surface area contributed by atoms with Crippen LogP contribution < -0.4 is 11.1 Å². The van der Waals surface area contributed by atoms with Gasteiger partial charge in [0.1, 0.15) is 17.7 Å². The average molecular weight is 332 g/mol. The van der Waals surface area contributed by atoms with Crippen LogP contribution in [0.25, 0.3) is 11.4 Å². The Hall–Kier alpha value is -3.27. The van der Waals surface area contributed by atoms with Gasteiger partial charge in [0.15, 0.2) is 0 Å². The Morgan fingerprint density at radius 1 is 1.42 bits per heavy atom. The normalized spacial score (nSPS) is 12.1. The number of hydrogen-bond acceptors (Lipinski definition) is 7. The molecule has 0 radical (unpaired) electrons. The molecule has 9 nitrogen and oxygen atoms in total. The molecule has 24 heavy (non-hydrogen) atoms. The molecule has 0 aliphatic heterocycles. The highest BCUT2D eigenvalue weighted by molar-refractivity contribution is 5.94. The highest BCUT2D eigenvalue weighted by atomic mass is 19.1. The Bertz CT molecular complexity index is 844. The molecule has 1 aromatic carbocycles. The molecule has 3 aromatic rings. The number of halogens is 1. The molecule has 1 atom stereocenters. The molecule has 0 bridgehead atoms. The first-order valence-corrected chi connectivity index (χ1v) is 6.88. The van der Waals surface area contributed by atoms with Crippen LogP contribution in [0, 0.1) is 5.82 Å². The summed E-state index contributed by atoms with van der Waals surface area (Å²) in [5, 5.41) is 22.0. The standard InChI is InChI=1S/C14H13FN6O3/c15-8-3-1-7(2-4-8)13(23)18-10(6-22)14-19-12(21-24-14)9-5-17-20-11(9)16/h1-5,10,22H,6H2,(H,18,23)(H3,16,17,20)/t10-/m0/s1. The van der Waals surface area contributed by atoms with E-state index in [1.807, 2.05) is 0 Å². The predicted octanol–water partition coefficient (Wildman–Crippen LogP) is 0.644. The van der Waals surface area contributed by atoms with E-state index in [-0.39, 0.29) is 23.1 Å². The molecule has 124 valence electrons. The van der Waals surface area contributed by atoms with Gasteiger partial charge in [-0.1, -0.05) is 5.16 Å². The summed E-state index contributed by atoms with van der Waals surface area (Å²) in [6.07, 6.45) is 1.43. The van der Waals surface area contributed by atoms with Gasteiger partial charge in [-0.3, -0.25) is 9.89 Å². The third-order valence-corrected chi connectivity index (χ3v) is 3.24. The van der Waals surface area contributed by atoms with Crippen LogP contribution in [0.2, 0.25) is 0 Å². The summed E-state index contributed by atoms with van der Waals surface area (Å²) in [6, 6.07) is 4.05. The van der Waals surface area contributed by atoms with Crippen molar-refractivity contribution in [2.24, 2.45) is 0 Å². The van der Waals surface area contributed by atoms with Crippen LogP contribution in [-0.4, -0.2) is 38.0 Å². The van der Waals surface area contributed by atoms with Crippen molar-refractivity contribution in [3.63, 3.8) is 0 Å². The maximum Gasteiger partial charge on any atom is 0.251 e. The van der Waals surface area contributed by atoms with E-state index in [9.17, 15) is 14.3 Å². The summed E-state index contributed by atoms with van der Waals surface area (Å²) >= 11 is 0. The minimum atomic E-state index is -0.920. The smallest absolute Gasteiger partial charge is 0.251 e. The molecule has 2 aromatic heterocycles. The SMILES string of the molecule is Nc1[nH]ncc1-c1noc([C@H](CO)NC(=O)c2ccc(F)cc2)n1. The number of nitrogens with one attached hydrogen (secondary N) is 2. The monoisotopic (exact) mass is 332 g/mol. The maximum atomic E-state index is 12.9. The van der Waals surface area contributed by atoms with Crippen molar-refractivity contribution in [3.05, 3.63) is 47.7 Å². The average Bonchev–Trinajstić information content (AvgIpc) is 3.21. The van der Waals surface area contributed by atoms with Crippen LogP contribution in [0.15, 0.2) is 35.0 Å². The van der Waals surface area contributed by atoms with E-state index in [2.05, 4.69) is 25.7 Å². The summed E-state index contributed by atoms with van der Waals surface area (Å²) in [5.41, 5.74) is 6.34. The largest absolute Gasteiger partial charge is 0.394 e. The lowest BCUT2D eigenvalue weighted by atomic mass is 10.2. The summed E-state index contributed by atoms with van der Waals surface area (Å²) in [4.78, 5) is 16.2. The van der Waals surface area contributed by atoms with Crippen LogP contribution in [0.3, 0.4) is 0 Å². The number of amides is 1. The number of hydrogen-bond donors (Lipinski definition) is 4. The van der Waals surface area contributed by atoms with Gasteiger partial charge in [0.25, 0.3) is 11.8 Å². The zero-order valence-electron chi connectivity index (χ0n) is 12.2. The number of aliphatic hydroxyl groups excluding tert-OH is 1. The molecule has 0 saturated heterocycles. The first kappa shape index (κ1) is 15.6. The summed E-state index contributed by atoms with van der Waals surface area (Å²) in [5.74, 6) is -0.534. The lowest BCUT2D eigenvalue weighted by Gasteiger charge is -2.12. The lowest BCUT2D eigenvalue weighted by Crippen LogP contribution is -2.31. The van der Waals surface area contributed by atoms with Crippen molar-refractivity contribution in [1.82, 2.24) is 25.7 Å². The Balaban J connectivity index is 1.77. The number of carbonyl (C=O) groups is 1. The second-order valence-corrected chi connectivity index (χ2v) is 4.87. The highest BCUT2D eigenvalue weighted by Gasteiger charge is 2.22. The molecular weight excluding hydrogens is 319 g/mol. The molecule has 0 spiro atoms. The molecule has 0 fully saturated rings. The van der Waals surface area contributed by atoms with Gasteiger partial charge in [0.05, 0.1) is 18.4 Å². The molecule has 0 aliphatic rings. The van der Waals surface area contributed by atoms with E-state index in [0.717, 1.165) is 12.1 Å². The summed E-state index contributed by atoms with van der Waals surface area (Å²) < 4.78 is 18.0. The second kappa shape index (κ2) is 6.46. The Morgan fingerprint density at radius 2 is 2.17 bits per heavy atom. The molecule has 1 amide bonds. The van der Waals surface area contributed by atoms with Crippen molar-refractivity contribution >= 4 is 11.7 Å². The van der Waals surface area contributed by atoms with E-state index in [1.165, 1.54) is 18.3 Å². The number of nitrogen functional groups attached to an aromatic ring is 1. The van der Waals surface area contributed by atoms with E-state index in [0.29, 0.717) is 5.56 Å². The Labute approximate surface area is 134 Å². The topological polar surface area (TPSA) is 143 Å². The summed E-state index contributed by atoms with van der Waals surface area (Å²) in [7, 11) is 0. The molecule has 3 rings (SSSR count). The minimum absolute atomic E-state index is 0.00330. The number of anilines is 1. The van der Waals surface area contributed by atoms with E-state index in [1.54, 1.807) is 0 Å². The van der Waals surface area contributed by atoms with Crippen molar-refractivity contribution in [2.45, 2.75) is 6.04 Å². The number of rotatable bonds is 5. The molecule has 0 unspecified atom stereocenters. The Kier molecular flexibility index (Phi) is 4.20. The van der Waals surface area contributed by atoms with Crippen molar-refractivity contribution in [2.75, 3.05) is 12.3 Å². The van der Waals surface area contributed by atoms with Gasteiger partial charge in [-0.25, -0.2) is 4.39 Å². The number of aliphatic hydroxyl groups is 1. The lowest BCUT2D eigenvalue weighted by molar-refractivity contribution is 0.0901. The number of benzene rings is 1. The molecule has 2 heterocycles. The molecular formula is C14H13FN6O3. The maximum absolute atomic E-state index is 12.9. The minimum Gasteiger partial charge on any atom is -0.394 e. The number of aromatic amines is 1. The summed E-state index contributed by atoms with van der Waals surface area (Å²) in [6.45, 7) is -0.463. The molecule has 0 saturated carbocycles. The van der Waals surface area contributed by atoms with E-state index >= 15 is 0 Å². The molecule has 10 heteroatoms.